The topological polar surface area (TPSA) is 472 Å². The highest BCUT2D eigenvalue weighted by atomic mass is 16.7. The fourth-order valence-corrected chi connectivity index (χ4v) is 9.25. The van der Waals surface area contributed by atoms with Gasteiger partial charge in [0, 0.05) is 47.7 Å². The Morgan fingerprint density at radius 2 is 0.821 bits per heavy atom. The van der Waals surface area contributed by atoms with Gasteiger partial charge in [0.05, 0.1) is 30.6 Å². The molecule has 1 fully saturated rings. The average Bonchev–Trinajstić information content (AvgIpc) is 0.981. The summed E-state index contributed by atoms with van der Waals surface area (Å²) in [5.74, 6) is -9.21. The van der Waals surface area contributed by atoms with Crippen LogP contribution in [-0.2, 0) is 53.1 Å². The number of nitrogens with zero attached hydrogens (tertiary/aromatic N) is 4. The minimum absolute atomic E-state index is 0.00154. The van der Waals surface area contributed by atoms with Gasteiger partial charge in [0.2, 0.25) is 0 Å². The lowest BCUT2D eigenvalue weighted by Gasteiger charge is -2.19. The maximum absolute atomic E-state index is 12.8. The highest BCUT2D eigenvalue weighted by molar-refractivity contribution is 6.06. The normalized spacial score (nSPS) is 11.8. The number of amides is 4. The largest absolute Gasteiger partial charge is 0.505 e. The number of nitrogens with one attached hydrogen (secondary N) is 2. The van der Waals surface area contributed by atoms with Gasteiger partial charge < -0.3 is 81.0 Å². The molecule has 556 valence electrons. The number of hydroxylamine groups is 2. The van der Waals surface area contributed by atoms with E-state index in [0.717, 1.165) is 18.4 Å². The van der Waals surface area contributed by atoms with Crippen molar-refractivity contribution in [2.24, 2.45) is 10.8 Å². The lowest BCUT2D eigenvalue weighted by molar-refractivity contribution is -0.386. The maximum Gasteiger partial charge on any atom is 0.382 e. The van der Waals surface area contributed by atoms with E-state index in [4.69, 9.17) is 39.1 Å². The number of carbonyl (C=O) groups is 10. The zero-order valence-corrected chi connectivity index (χ0v) is 59.1. The zero-order chi connectivity index (χ0) is 77.9. The molecule has 30 heteroatoms. The van der Waals surface area contributed by atoms with Crippen molar-refractivity contribution in [1.29, 1.82) is 0 Å². The van der Waals surface area contributed by atoms with Crippen LogP contribution in [0.1, 0.15) is 173 Å². The molecular weight excluding hydrogens is 1380 g/mol. The third-order valence-corrected chi connectivity index (χ3v) is 15.4. The molecule has 0 radical (unpaired) electrons. The van der Waals surface area contributed by atoms with E-state index in [1.807, 2.05) is 13.8 Å². The number of phenolic OH excluding ortho intramolecular Hbond substituents is 6. The first-order valence-corrected chi connectivity index (χ1v) is 33.1. The number of hydrogen-bond donors (Lipinski definition) is 11. The van der Waals surface area contributed by atoms with Gasteiger partial charge in [-0.25, -0.2) is 34.1 Å². The molecule has 0 spiro atoms. The molecule has 1 saturated heterocycles. The second-order valence-electron chi connectivity index (χ2n) is 25.8. The van der Waals surface area contributed by atoms with Crippen molar-refractivity contribution in [3.8, 4) is 51.7 Å². The van der Waals surface area contributed by atoms with Crippen LogP contribution in [0.15, 0.2) is 127 Å². The summed E-state index contributed by atoms with van der Waals surface area (Å²) in [5, 5.41) is 82.0. The van der Waals surface area contributed by atoms with Crippen molar-refractivity contribution in [1.82, 2.24) is 30.6 Å². The number of imide groups is 1. The number of quaternary nitrogens is 1. The first-order chi connectivity index (χ1) is 50.1. The molecule has 1 aliphatic rings. The molecule has 9 aromatic rings. The number of rotatable bonds is 20. The van der Waals surface area contributed by atoms with Crippen molar-refractivity contribution in [2.75, 3.05) is 13.2 Å². The number of phenols is 7. The molecule has 13 N–H and O–H groups in total. The highest BCUT2D eigenvalue weighted by Gasteiger charge is 2.35. The number of unbranched alkanes of at least 4 members (excludes halogenated alkanes) is 2. The number of fused-ring (bicyclic) bond motifs is 3. The molecule has 0 atom stereocenters. The van der Waals surface area contributed by atoms with E-state index in [2.05, 4.69) is 31.3 Å². The van der Waals surface area contributed by atoms with Crippen LogP contribution in [0.2, 0.25) is 0 Å². The summed E-state index contributed by atoms with van der Waals surface area (Å²) in [6.07, 6.45) is 2.93. The number of aromatic carboxylic acids is 1. The molecule has 10 rings (SSSR count). The molecule has 1 aliphatic heterocycles. The van der Waals surface area contributed by atoms with Gasteiger partial charge in [0.25, 0.3) is 23.6 Å². The van der Waals surface area contributed by atoms with Crippen LogP contribution in [0.5, 0.6) is 51.7 Å². The Morgan fingerprint density at radius 3 is 1.21 bits per heavy atom. The van der Waals surface area contributed by atoms with Crippen molar-refractivity contribution in [3.05, 3.63) is 178 Å². The van der Waals surface area contributed by atoms with E-state index in [1.54, 1.807) is 77.9 Å². The zero-order valence-electron chi connectivity index (χ0n) is 59.1. The van der Waals surface area contributed by atoms with Gasteiger partial charge in [-0.2, -0.15) is 0 Å². The summed E-state index contributed by atoms with van der Waals surface area (Å²) >= 11 is 0. The Labute approximate surface area is 605 Å². The number of aromatic nitrogens is 3. The van der Waals surface area contributed by atoms with Gasteiger partial charge in [-0.3, -0.25) is 28.8 Å². The number of pyridine rings is 3. The monoisotopic (exact) mass is 1460 g/mol. The predicted molar refractivity (Wildman–Crippen MR) is 379 cm³/mol. The number of esters is 4. The quantitative estimate of drug-likeness (QED) is 0.0111. The Morgan fingerprint density at radius 1 is 0.462 bits per heavy atom. The molecule has 0 aliphatic carbocycles. The van der Waals surface area contributed by atoms with Crippen molar-refractivity contribution in [2.45, 2.75) is 114 Å². The van der Waals surface area contributed by atoms with Crippen LogP contribution in [0.4, 0.5) is 0 Å². The molecule has 4 amide bonds. The van der Waals surface area contributed by atoms with Crippen LogP contribution in [0, 0.1) is 10.8 Å². The third-order valence-electron chi connectivity index (χ3n) is 15.4. The van der Waals surface area contributed by atoms with E-state index in [9.17, 15) is 73.5 Å². The first kappa shape index (κ1) is 80.3. The van der Waals surface area contributed by atoms with E-state index < -0.39 is 76.0 Å². The summed E-state index contributed by atoms with van der Waals surface area (Å²) in [6.45, 7) is 15.1. The fraction of sp³-hybridized carbons (Fsp3) is 0.276. The number of carboxylic acids is 1. The Bertz CT molecular complexity index is 4840. The molecule has 0 saturated carbocycles. The minimum Gasteiger partial charge on any atom is -0.505 e. The predicted octanol–water partition coefficient (Wildman–Crippen LogP) is 9.67. The van der Waals surface area contributed by atoms with Crippen LogP contribution in [0.3, 0.4) is 0 Å². The molecular formula is C76H80N7O23+. The van der Waals surface area contributed by atoms with Crippen LogP contribution in [-0.4, -0.2) is 134 Å². The molecule has 3 aromatic heterocycles. The lowest BCUT2D eigenvalue weighted by atomic mass is 9.97. The number of carboxylic acid groups (broad SMARTS) is 1. The minimum atomic E-state index is -1.30. The number of ether oxygens (including phenoxy) is 4. The molecule has 0 unspecified atom stereocenters. The second kappa shape index (κ2) is 35.7. The summed E-state index contributed by atoms with van der Waals surface area (Å²) in [5.41, 5.74) is 3.68. The van der Waals surface area contributed by atoms with Crippen LogP contribution >= 0.6 is 0 Å². The number of aromatic hydroxyl groups is 7. The molecule has 6 aromatic carbocycles. The van der Waals surface area contributed by atoms with Crippen molar-refractivity contribution in [3.63, 3.8) is 0 Å². The lowest BCUT2D eigenvalue weighted by Crippen LogP contribution is -2.47. The fourth-order valence-electron chi connectivity index (χ4n) is 9.25. The Balaban J connectivity index is 0.000000210. The molecule has 30 nitrogen and oxygen atoms in total. The Kier molecular flexibility index (Phi) is 27.1. The van der Waals surface area contributed by atoms with Crippen LogP contribution in [0.25, 0.3) is 32.7 Å². The summed E-state index contributed by atoms with van der Waals surface area (Å²) in [7, 11) is 0. The average molecular weight is 1460 g/mol. The van der Waals surface area contributed by atoms with Gasteiger partial charge in [-0.05, 0) is 144 Å². The summed E-state index contributed by atoms with van der Waals surface area (Å²) in [4.78, 5) is 141. The highest BCUT2D eigenvalue weighted by Crippen LogP contribution is 2.36. The van der Waals surface area contributed by atoms with Gasteiger partial charge in [-0.1, -0.05) is 75.2 Å². The first-order valence-electron chi connectivity index (χ1n) is 33.1. The second-order valence-corrected chi connectivity index (χ2v) is 25.8. The van der Waals surface area contributed by atoms with Gasteiger partial charge in [-0.15, -0.1) is 5.06 Å². The SMILES string of the molecule is CCCCOC(=O)c1ccc2ccc(C(=O)NCc3ccc(O)c(O)c3)nc2c1OC(=O)C(C)(C)C.CCCCOC(=O)c1ccc2ccc(C(=O)ON3C(=O)CCC3=O)nc2c1OC(=O)C(C)(C)C.O=C(NCc1ccc(O)c(O)c1)c1ccc2ccc(C(=O)O)c(O)c2n1.[NH3+]Cc1ccc(O)c(O)c1. The molecule has 0 bridgehead atoms. The van der Waals surface area contributed by atoms with Crippen molar-refractivity contribution < 1.29 is 118 Å². The van der Waals surface area contributed by atoms with E-state index >= 15 is 0 Å². The molecule has 4 heterocycles. The van der Waals surface area contributed by atoms with Gasteiger partial charge >= 0.3 is 35.8 Å². The maximum atomic E-state index is 12.8. The number of hydrogen-bond acceptors (Lipinski definition) is 25. The van der Waals surface area contributed by atoms with E-state index in [0.29, 0.717) is 51.7 Å². The van der Waals surface area contributed by atoms with Crippen molar-refractivity contribution >= 4 is 92.2 Å². The van der Waals surface area contributed by atoms with Crippen LogP contribution < -0.4 is 25.8 Å². The number of carbonyl (C=O) groups excluding carboxylic acids is 9. The Hall–Kier alpha value is -13.0. The standard InChI is InChI=1S/C27H30N2O7.C24H26N2O8.C18H14N2O6.C7H9NO2/c1-5-6-13-35-25(33)18-10-8-17-9-11-19(29-22(17)23(18)36-26(34)27(2,3)4)24(32)28-15-16-7-12-20(30)21(31)14-16;1-5-6-13-32-21(29)15-9-7-14-8-10-16(22(30)34-26-17(27)11-12-18(26)28)25-19(14)20(15)33-23(31)24(2,3)4;21-13-6-1-9(7-14(13)22)8-19-17(24)12-5-3-10-2-4-11(18(25)26)16(23)15(10)20-12;8-4-5-1-2-6(9)7(10)3-5/h7-12,14,30-31H,5-6,13,15H2,1-4H3,(H,28,32);7-10H,5-6,11-13H2,1-4H3;1-7,21-23H,8H2,(H,19,24)(H,25,26);1-3,9-10H,4,8H2/p+1. The molecule has 106 heavy (non-hydrogen) atoms. The van der Waals surface area contributed by atoms with Gasteiger partial charge in [0.15, 0.2) is 57.4 Å². The van der Waals surface area contributed by atoms with E-state index in [-0.39, 0.29) is 135 Å². The summed E-state index contributed by atoms with van der Waals surface area (Å²) < 4.78 is 21.9. The van der Waals surface area contributed by atoms with Gasteiger partial charge in [0.1, 0.15) is 44.6 Å². The summed E-state index contributed by atoms with van der Waals surface area (Å²) in [6, 6.07) is 31.0. The van der Waals surface area contributed by atoms with E-state index in [1.165, 1.54) is 91.0 Å². The third kappa shape index (κ3) is 21.1. The smallest absolute Gasteiger partial charge is 0.382 e. The number of benzene rings is 6.